The molecule has 1 aliphatic rings. The van der Waals surface area contributed by atoms with E-state index in [9.17, 15) is 0 Å². The Bertz CT molecular complexity index is 638. The van der Waals surface area contributed by atoms with Crippen molar-refractivity contribution in [2.75, 3.05) is 0 Å². The van der Waals surface area contributed by atoms with Gasteiger partial charge in [-0.2, -0.15) is 5.10 Å². The van der Waals surface area contributed by atoms with Crippen LogP contribution in [0.25, 0.3) is 11.3 Å². The van der Waals surface area contributed by atoms with Crippen molar-refractivity contribution in [1.82, 2.24) is 10.2 Å². The van der Waals surface area contributed by atoms with Gasteiger partial charge in [-0.05, 0) is 78.1 Å². The predicted octanol–water partition coefficient (Wildman–Crippen LogP) is 3.82. The van der Waals surface area contributed by atoms with Gasteiger partial charge in [0.15, 0.2) is 0 Å². The first kappa shape index (κ1) is 11.3. The van der Waals surface area contributed by atoms with Crippen LogP contribution in [0.4, 0.5) is 0 Å². The monoisotopic (exact) mass is 338 g/mol. The third kappa shape index (κ3) is 1.35. The summed E-state index contributed by atoms with van der Waals surface area (Å²) in [5, 5.41) is 7.58. The Morgan fingerprint density at radius 3 is 2.29 bits per heavy atom. The van der Waals surface area contributed by atoms with E-state index >= 15 is 0 Å². The van der Waals surface area contributed by atoms with Gasteiger partial charge >= 0.3 is 0 Å². The van der Waals surface area contributed by atoms with E-state index in [1.165, 1.54) is 48.3 Å². The fourth-order valence-electron chi connectivity index (χ4n) is 2.82. The van der Waals surface area contributed by atoms with Gasteiger partial charge in [0.2, 0.25) is 0 Å². The number of H-pyrrole nitrogens is 1. The van der Waals surface area contributed by atoms with Gasteiger partial charge in [-0.25, -0.2) is 0 Å². The highest BCUT2D eigenvalue weighted by atomic mass is 127. The summed E-state index contributed by atoms with van der Waals surface area (Å²) in [5.41, 5.74) is 11.1. The van der Waals surface area contributed by atoms with Crippen LogP contribution < -0.4 is 0 Å². The molecule has 0 amide bonds. The van der Waals surface area contributed by atoms with Gasteiger partial charge in [0.05, 0.1) is 9.39 Å². The second kappa shape index (κ2) is 3.57. The number of rotatable bonds is 0. The SMILES string of the molecule is Cc1c(C)c(C)c2c(c1C)Cc1c-2n[nH]c1I. The molecule has 0 aliphatic heterocycles. The molecule has 0 fully saturated rings. The molecule has 0 radical (unpaired) electrons. The van der Waals surface area contributed by atoms with E-state index in [2.05, 4.69) is 60.5 Å². The Balaban J connectivity index is 2.41. The third-order valence-electron chi connectivity index (χ3n) is 4.22. The molecule has 3 rings (SSSR count). The van der Waals surface area contributed by atoms with Crippen LogP contribution in [0.5, 0.6) is 0 Å². The third-order valence-corrected chi connectivity index (χ3v) is 5.12. The van der Waals surface area contributed by atoms with Crippen LogP contribution in [-0.2, 0) is 6.42 Å². The minimum absolute atomic E-state index is 1.03. The zero-order chi connectivity index (χ0) is 12.3. The summed E-state index contributed by atoms with van der Waals surface area (Å²) >= 11 is 2.34. The van der Waals surface area contributed by atoms with Gasteiger partial charge in [-0.15, -0.1) is 0 Å². The number of aromatic amines is 1. The van der Waals surface area contributed by atoms with Crippen LogP contribution in [0.2, 0.25) is 0 Å². The molecule has 88 valence electrons. The lowest BCUT2D eigenvalue weighted by Crippen LogP contribution is -1.99. The summed E-state index contributed by atoms with van der Waals surface area (Å²) < 4.78 is 1.18. The molecule has 17 heavy (non-hydrogen) atoms. The molecular weight excluding hydrogens is 323 g/mol. The average Bonchev–Trinajstić information content (AvgIpc) is 2.84. The van der Waals surface area contributed by atoms with Gasteiger partial charge in [0.1, 0.15) is 0 Å². The molecule has 3 heteroatoms. The van der Waals surface area contributed by atoms with E-state index in [-0.39, 0.29) is 0 Å². The zero-order valence-electron chi connectivity index (χ0n) is 10.5. The molecule has 0 spiro atoms. The van der Waals surface area contributed by atoms with E-state index in [0.717, 1.165) is 6.42 Å². The highest BCUT2D eigenvalue weighted by Gasteiger charge is 2.28. The molecule has 2 nitrogen and oxygen atoms in total. The Morgan fingerprint density at radius 2 is 1.59 bits per heavy atom. The van der Waals surface area contributed by atoms with E-state index < -0.39 is 0 Å². The van der Waals surface area contributed by atoms with E-state index in [0.29, 0.717) is 0 Å². The molecule has 0 bridgehead atoms. The lowest BCUT2D eigenvalue weighted by atomic mass is 9.90. The molecule has 2 aromatic rings. The molecule has 1 aromatic carbocycles. The van der Waals surface area contributed by atoms with Crippen LogP contribution in [0, 0.1) is 31.4 Å². The molecule has 0 saturated heterocycles. The van der Waals surface area contributed by atoms with Crippen LogP contribution in [0.3, 0.4) is 0 Å². The summed E-state index contributed by atoms with van der Waals surface area (Å²) in [7, 11) is 0. The molecule has 1 aliphatic carbocycles. The lowest BCUT2D eigenvalue weighted by Gasteiger charge is -2.15. The Hall–Kier alpha value is -0.840. The lowest BCUT2D eigenvalue weighted by molar-refractivity contribution is 1.05. The summed E-state index contributed by atoms with van der Waals surface area (Å²) in [6, 6.07) is 0. The van der Waals surface area contributed by atoms with Crippen LogP contribution in [0.15, 0.2) is 0 Å². The molecule has 1 N–H and O–H groups in total. The quantitative estimate of drug-likeness (QED) is 0.620. The van der Waals surface area contributed by atoms with Crippen LogP contribution in [-0.4, -0.2) is 10.2 Å². The van der Waals surface area contributed by atoms with Crippen molar-refractivity contribution in [1.29, 1.82) is 0 Å². The van der Waals surface area contributed by atoms with Gasteiger partial charge in [-0.3, -0.25) is 5.10 Å². The molecule has 1 aromatic heterocycles. The summed E-state index contributed by atoms with van der Waals surface area (Å²) in [4.78, 5) is 0. The first-order valence-corrected chi connectivity index (χ1v) is 6.92. The van der Waals surface area contributed by atoms with Crippen molar-refractivity contribution < 1.29 is 0 Å². The molecule has 0 saturated carbocycles. The van der Waals surface area contributed by atoms with Gasteiger partial charge in [0.25, 0.3) is 0 Å². The minimum Gasteiger partial charge on any atom is -0.271 e. The van der Waals surface area contributed by atoms with Gasteiger partial charge in [0, 0.05) is 17.5 Å². The number of halogens is 1. The fraction of sp³-hybridized carbons (Fsp3) is 0.357. The second-order valence-electron chi connectivity index (χ2n) is 4.90. The van der Waals surface area contributed by atoms with Gasteiger partial charge in [-0.1, -0.05) is 0 Å². The van der Waals surface area contributed by atoms with Crippen molar-refractivity contribution in [3.8, 4) is 11.3 Å². The number of nitrogens with one attached hydrogen (secondary N) is 1. The normalized spacial score (nSPS) is 12.8. The molecule has 0 unspecified atom stereocenters. The number of fused-ring (bicyclic) bond motifs is 3. The first-order valence-electron chi connectivity index (χ1n) is 5.84. The fourth-order valence-corrected chi connectivity index (χ4v) is 3.39. The molecule has 1 heterocycles. The van der Waals surface area contributed by atoms with Crippen molar-refractivity contribution in [3.05, 3.63) is 37.1 Å². The largest absolute Gasteiger partial charge is 0.271 e. The van der Waals surface area contributed by atoms with Crippen molar-refractivity contribution in [2.24, 2.45) is 0 Å². The number of hydrogen-bond donors (Lipinski definition) is 1. The molecule has 0 atom stereocenters. The minimum atomic E-state index is 1.03. The molecular formula is C14H15IN2. The van der Waals surface area contributed by atoms with Crippen molar-refractivity contribution in [3.63, 3.8) is 0 Å². The number of aromatic nitrogens is 2. The summed E-state index contributed by atoms with van der Waals surface area (Å²) in [5.74, 6) is 0. The van der Waals surface area contributed by atoms with Crippen molar-refractivity contribution >= 4 is 22.6 Å². The zero-order valence-corrected chi connectivity index (χ0v) is 12.7. The number of hydrogen-bond acceptors (Lipinski definition) is 1. The highest BCUT2D eigenvalue weighted by molar-refractivity contribution is 14.1. The Morgan fingerprint density at radius 1 is 0.941 bits per heavy atom. The van der Waals surface area contributed by atoms with E-state index in [1.807, 2.05) is 0 Å². The number of benzene rings is 1. The van der Waals surface area contributed by atoms with Crippen molar-refractivity contribution in [2.45, 2.75) is 34.1 Å². The van der Waals surface area contributed by atoms with E-state index in [4.69, 9.17) is 0 Å². The van der Waals surface area contributed by atoms with E-state index in [1.54, 1.807) is 0 Å². The average molecular weight is 338 g/mol. The maximum Gasteiger partial charge on any atom is 0.0999 e. The standard InChI is InChI=1S/C14H15IN2/c1-6-7(2)9(4)12-10(8(6)3)5-11-13(12)16-17-14(11)15/h5H2,1-4H3,(H,16,17). The highest BCUT2D eigenvalue weighted by Crippen LogP contribution is 2.43. The smallest absolute Gasteiger partial charge is 0.0999 e. The predicted molar refractivity (Wildman–Crippen MR) is 78.5 cm³/mol. The summed E-state index contributed by atoms with van der Waals surface area (Å²) in [6.45, 7) is 8.90. The topological polar surface area (TPSA) is 28.7 Å². The Labute approximate surface area is 115 Å². The Kier molecular flexibility index (Phi) is 2.37. The summed E-state index contributed by atoms with van der Waals surface area (Å²) in [6.07, 6.45) is 1.03. The maximum atomic E-state index is 4.48. The van der Waals surface area contributed by atoms with Crippen LogP contribution in [0.1, 0.15) is 33.4 Å². The van der Waals surface area contributed by atoms with Crippen LogP contribution >= 0.6 is 22.6 Å². The second-order valence-corrected chi connectivity index (χ2v) is 5.97. The first-order chi connectivity index (χ1) is 8.02. The number of nitrogens with zero attached hydrogens (tertiary/aromatic N) is 1. The maximum absolute atomic E-state index is 4.48. The van der Waals surface area contributed by atoms with Gasteiger partial charge < -0.3 is 0 Å².